The third-order valence-electron chi connectivity index (χ3n) is 3.14. The molecule has 0 aromatic rings. The maximum atomic E-state index is 11.7. The first kappa shape index (κ1) is 15.1. The van der Waals surface area contributed by atoms with Crippen LogP contribution < -0.4 is 21.7 Å². The predicted octanol–water partition coefficient (Wildman–Crippen LogP) is -0.259. The molecule has 4 amide bonds. The van der Waals surface area contributed by atoms with Crippen molar-refractivity contribution in [3.8, 4) is 0 Å². The number of carboxylic acid groups (broad SMARTS) is 1. The number of aliphatic carboxylic acids is 1. The lowest BCUT2D eigenvalue weighted by Gasteiger charge is -2.28. The van der Waals surface area contributed by atoms with E-state index in [0.717, 1.165) is 12.8 Å². The van der Waals surface area contributed by atoms with Crippen molar-refractivity contribution < 1.29 is 19.5 Å². The summed E-state index contributed by atoms with van der Waals surface area (Å²) >= 11 is 0. The van der Waals surface area contributed by atoms with Crippen molar-refractivity contribution in [2.24, 2.45) is 5.73 Å². The minimum Gasteiger partial charge on any atom is -0.481 e. The maximum Gasteiger partial charge on any atom is 0.315 e. The van der Waals surface area contributed by atoms with Gasteiger partial charge in [-0.05, 0) is 12.8 Å². The Morgan fingerprint density at radius 3 is 2.21 bits per heavy atom. The molecule has 0 aromatic carbocycles. The van der Waals surface area contributed by atoms with Crippen LogP contribution in [0.25, 0.3) is 0 Å². The topological polar surface area (TPSA) is 134 Å². The van der Waals surface area contributed by atoms with E-state index < -0.39 is 23.6 Å². The van der Waals surface area contributed by atoms with Gasteiger partial charge in [-0.15, -0.1) is 0 Å². The van der Waals surface area contributed by atoms with E-state index in [1.54, 1.807) is 0 Å². The van der Waals surface area contributed by atoms with Crippen LogP contribution in [0.3, 0.4) is 0 Å². The van der Waals surface area contributed by atoms with Crippen molar-refractivity contribution in [2.45, 2.75) is 37.6 Å². The van der Waals surface area contributed by atoms with Crippen LogP contribution in [-0.4, -0.2) is 41.8 Å². The second-order valence-corrected chi connectivity index (χ2v) is 4.73. The van der Waals surface area contributed by atoms with E-state index in [1.807, 2.05) is 0 Å². The van der Waals surface area contributed by atoms with Crippen molar-refractivity contribution in [3.05, 3.63) is 0 Å². The fraction of sp³-hybridized carbons (Fsp3) is 0.727. The lowest BCUT2D eigenvalue weighted by atomic mass is 9.93. The highest BCUT2D eigenvalue weighted by atomic mass is 16.4. The van der Waals surface area contributed by atoms with Gasteiger partial charge in [0.25, 0.3) is 0 Å². The highest BCUT2D eigenvalue weighted by Gasteiger charge is 2.37. The average Bonchev–Trinajstić information content (AvgIpc) is 2.71. The number of carbonyl (C=O) groups excluding carboxylic acids is 2. The molecule has 1 fully saturated rings. The van der Waals surface area contributed by atoms with Gasteiger partial charge < -0.3 is 26.8 Å². The highest BCUT2D eigenvalue weighted by molar-refractivity contribution is 5.77. The minimum absolute atomic E-state index is 0.0695. The van der Waals surface area contributed by atoms with Crippen molar-refractivity contribution in [3.63, 3.8) is 0 Å². The van der Waals surface area contributed by atoms with Crippen LogP contribution in [0.5, 0.6) is 0 Å². The van der Waals surface area contributed by atoms with Gasteiger partial charge in [-0.2, -0.15) is 0 Å². The Bertz CT molecular complexity index is 353. The number of amides is 4. The summed E-state index contributed by atoms with van der Waals surface area (Å²) in [5.41, 5.74) is 4.23. The Kier molecular flexibility index (Phi) is 5.40. The number of nitrogens with two attached hydrogens (primary N) is 1. The van der Waals surface area contributed by atoms with Crippen LogP contribution in [0.4, 0.5) is 9.59 Å². The predicted molar refractivity (Wildman–Crippen MR) is 67.6 cm³/mol. The van der Waals surface area contributed by atoms with Crippen LogP contribution >= 0.6 is 0 Å². The van der Waals surface area contributed by atoms with Gasteiger partial charge >= 0.3 is 18.0 Å². The van der Waals surface area contributed by atoms with E-state index in [1.165, 1.54) is 0 Å². The summed E-state index contributed by atoms with van der Waals surface area (Å²) in [4.78, 5) is 32.9. The van der Waals surface area contributed by atoms with Crippen molar-refractivity contribution in [1.29, 1.82) is 0 Å². The molecule has 0 radical (unpaired) electrons. The van der Waals surface area contributed by atoms with Crippen LogP contribution in [0.15, 0.2) is 0 Å². The molecule has 1 aliphatic rings. The number of urea groups is 2. The zero-order valence-electron chi connectivity index (χ0n) is 10.7. The molecule has 19 heavy (non-hydrogen) atoms. The molecule has 0 spiro atoms. The van der Waals surface area contributed by atoms with E-state index in [0.29, 0.717) is 12.8 Å². The van der Waals surface area contributed by atoms with Crippen molar-refractivity contribution in [1.82, 2.24) is 16.0 Å². The van der Waals surface area contributed by atoms with Gasteiger partial charge in [-0.3, -0.25) is 4.79 Å². The van der Waals surface area contributed by atoms with E-state index in [2.05, 4.69) is 16.0 Å². The summed E-state index contributed by atoms with van der Waals surface area (Å²) < 4.78 is 0. The number of carbonyl (C=O) groups is 3. The van der Waals surface area contributed by atoms with Gasteiger partial charge in [0.05, 0.1) is 12.0 Å². The summed E-state index contributed by atoms with van der Waals surface area (Å²) in [5.74, 6) is -0.919. The largest absolute Gasteiger partial charge is 0.481 e. The van der Waals surface area contributed by atoms with E-state index >= 15 is 0 Å². The number of hydrogen-bond donors (Lipinski definition) is 5. The quantitative estimate of drug-likeness (QED) is 0.426. The van der Waals surface area contributed by atoms with Crippen LogP contribution in [0.2, 0.25) is 0 Å². The van der Waals surface area contributed by atoms with Gasteiger partial charge in [0.1, 0.15) is 0 Å². The summed E-state index contributed by atoms with van der Waals surface area (Å²) in [6, 6.07) is -1.07. The SMILES string of the molecule is NC(=O)NCCNC(=O)NC1(CC(=O)O)CCCC1. The third-order valence-corrected chi connectivity index (χ3v) is 3.14. The van der Waals surface area contributed by atoms with Gasteiger partial charge in [0.15, 0.2) is 0 Å². The summed E-state index contributed by atoms with van der Waals surface area (Å²) in [6.07, 6.45) is 3.10. The molecule has 0 unspecified atom stereocenters. The first-order valence-electron chi connectivity index (χ1n) is 6.25. The zero-order valence-corrected chi connectivity index (χ0v) is 10.7. The Balaban J connectivity index is 2.35. The molecule has 1 rings (SSSR count). The Morgan fingerprint density at radius 1 is 1.11 bits per heavy atom. The average molecular weight is 272 g/mol. The maximum absolute atomic E-state index is 11.7. The standard InChI is InChI=1S/C11H20N4O4/c12-9(18)13-5-6-14-10(19)15-11(7-8(16)17)3-1-2-4-11/h1-7H2,(H,16,17)(H3,12,13,18)(H2,14,15,19). The van der Waals surface area contributed by atoms with Gasteiger partial charge in [0.2, 0.25) is 0 Å². The number of rotatable bonds is 6. The van der Waals surface area contributed by atoms with Gasteiger partial charge in [-0.25, -0.2) is 9.59 Å². The lowest BCUT2D eigenvalue weighted by molar-refractivity contribution is -0.138. The molecule has 0 bridgehead atoms. The molecule has 1 saturated carbocycles. The first-order chi connectivity index (χ1) is 8.93. The second kappa shape index (κ2) is 6.81. The summed E-state index contributed by atoms with van der Waals surface area (Å²) in [5, 5.41) is 16.5. The Morgan fingerprint density at radius 2 is 1.68 bits per heavy atom. The molecule has 8 nitrogen and oxygen atoms in total. The molecular weight excluding hydrogens is 252 g/mol. The molecule has 0 atom stereocenters. The van der Waals surface area contributed by atoms with Crippen LogP contribution in [0.1, 0.15) is 32.1 Å². The fourth-order valence-corrected chi connectivity index (χ4v) is 2.33. The van der Waals surface area contributed by atoms with Crippen LogP contribution in [0, 0.1) is 0 Å². The number of primary amides is 1. The summed E-state index contributed by atoms with van der Waals surface area (Å²) in [7, 11) is 0. The van der Waals surface area contributed by atoms with Crippen molar-refractivity contribution >= 4 is 18.0 Å². The van der Waals surface area contributed by atoms with Crippen molar-refractivity contribution in [2.75, 3.05) is 13.1 Å². The molecule has 8 heteroatoms. The van der Waals surface area contributed by atoms with E-state index in [9.17, 15) is 14.4 Å². The van der Waals surface area contributed by atoms with E-state index in [4.69, 9.17) is 10.8 Å². The second-order valence-electron chi connectivity index (χ2n) is 4.73. The fourth-order valence-electron chi connectivity index (χ4n) is 2.33. The van der Waals surface area contributed by atoms with E-state index in [-0.39, 0.29) is 19.5 Å². The number of carboxylic acids is 1. The Labute approximate surface area is 111 Å². The number of hydrogen-bond acceptors (Lipinski definition) is 3. The Hall–Kier alpha value is -1.99. The first-order valence-corrected chi connectivity index (χ1v) is 6.25. The summed E-state index contributed by atoms with van der Waals surface area (Å²) in [6.45, 7) is 0.465. The molecule has 1 aliphatic carbocycles. The highest BCUT2D eigenvalue weighted by Crippen LogP contribution is 2.32. The normalized spacial score (nSPS) is 16.6. The molecule has 0 aliphatic heterocycles. The van der Waals surface area contributed by atoms with Crippen LogP contribution in [-0.2, 0) is 4.79 Å². The zero-order chi connectivity index (χ0) is 14.3. The monoisotopic (exact) mass is 272 g/mol. The molecule has 6 N–H and O–H groups in total. The molecule has 0 heterocycles. The smallest absolute Gasteiger partial charge is 0.315 e. The molecule has 108 valence electrons. The minimum atomic E-state index is -0.919. The third kappa shape index (κ3) is 5.45. The van der Waals surface area contributed by atoms with Gasteiger partial charge in [0, 0.05) is 13.1 Å². The molecule has 0 saturated heterocycles. The lowest BCUT2D eigenvalue weighted by Crippen LogP contribution is -2.52. The molecule has 0 aromatic heterocycles. The molecular formula is C11H20N4O4. The van der Waals surface area contributed by atoms with Gasteiger partial charge in [-0.1, -0.05) is 12.8 Å². The number of nitrogens with one attached hydrogen (secondary N) is 3.